The normalized spacial score (nSPS) is 19.2. The Balaban J connectivity index is 2.10. The number of likely N-dealkylation sites (N-methyl/N-ethyl adjacent to an activating group) is 1. The smallest absolute Gasteiger partial charge is 0.387 e. The molecule has 2 N–H and O–H groups in total. The van der Waals surface area contributed by atoms with Crippen LogP contribution in [0.5, 0.6) is 5.75 Å². The SMILES string of the molecule is CCN1C(N)=NCC1c1ccc(OC(F)F)cc1. The van der Waals surface area contributed by atoms with Crippen molar-refractivity contribution in [2.24, 2.45) is 10.7 Å². The van der Waals surface area contributed by atoms with E-state index in [0.29, 0.717) is 12.5 Å². The van der Waals surface area contributed by atoms with Crippen molar-refractivity contribution in [3.05, 3.63) is 29.8 Å². The van der Waals surface area contributed by atoms with Gasteiger partial charge in [0.25, 0.3) is 0 Å². The number of benzene rings is 1. The van der Waals surface area contributed by atoms with E-state index in [1.165, 1.54) is 12.1 Å². The molecule has 0 aromatic heterocycles. The summed E-state index contributed by atoms with van der Waals surface area (Å²) in [6.45, 7) is 0.548. The van der Waals surface area contributed by atoms with Gasteiger partial charge in [-0.15, -0.1) is 0 Å². The van der Waals surface area contributed by atoms with Crippen LogP contribution >= 0.6 is 0 Å². The fraction of sp³-hybridized carbons (Fsp3) is 0.417. The number of hydrogen-bond donors (Lipinski definition) is 1. The minimum Gasteiger partial charge on any atom is -0.435 e. The first-order chi connectivity index (χ1) is 8.61. The van der Waals surface area contributed by atoms with Gasteiger partial charge in [-0.05, 0) is 24.6 Å². The maximum Gasteiger partial charge on any atom is 0.387 e. The molecule has 1 atom stereocenters. The van der Waals surface area contributed by atoms with Gasteiger partial charge in [0, 0.05) is 6.54 Å². The van der Waals surface area contributed by atoms with Gasteiger partial charge < -0.3 is 15.4 Å². The molecule has 0 saturated heterocycles. The zero-order valence-electron chi connectivity index (χ0n) is 10.0. The van der Waals surface area contributed by atoms with Crippen molar-refractivity contribution in [2.45, 2.75) is 19.6 Å². The van der Waals surface area contributed by atoms with E-state index in [4.69, 9.17) is 5.73 Å². The number of rotatable bonds is 4. The molecular weight excluding hydrogens is 240 g/mol. The minimum atomic E-state index is -2.80. The molecule has 1 aromatic rings. The van der Waals surface area contributed by atoms with Crippen LogP contribution in [-0.4, -0.2) is 30.6 Å². The summed E-state index contributed by atoms with van der Waals surface area (Å²) in [5.41, 5.74) is 6.75. The molecule has 1 unspecified atom stereocenters. The lowest BCUT2D eigenvalue weighted by Crippen LogP contribution is -2.35. The van der Waals surface area contributed by atoms with Gasteiger partial charge in [0.1, 0.15) is 5.75 Å². The van der Waals surface area contributed by atoms with Crippen molar-refractivity contribution in [3.63, 3.8) is 0 Å². The third-order valence-electron chi connectivity index (χ3n) is 2.93. The van der Waals surface area contributed by atoms with Crippen molar-refractivity contribution in [1.29, 1.82) is 0 Å². The summed E-state index contributed by atoms with van der Waals surface area (Å²) in [4.78, 5) is 6.16. The molecule has 0 radical (unpaired) electrons. The van der Waals surface area contributed by atoms with Crippen molar-refractivity contribution in [3.8, 4) is 5.75 Å². The highest BCUT2D eigenvalue weighted by Gasteiger charge is 2.25. The molecule has 18 heavy (non-hydrogen) atoms. The van der Waals surface area contributed by atoms with Crippen LogP contribution in [0, 0.1) is 0 Å². The number of nitrogens with zero attached hydrogens (tertiary/aromatic N) is 2. The van der Waals surface area contributed by atoms with Gasteiger partial charge in [0.2, 0.25) is 0 Å². The van der Waals surface area contributed by atoms with E-state index in [2.05, 4.69) is 9.73 Å². The molecule has 0 fully saturated rings. The molecule has 1 aliphatic rings. The molecule has 4 nitrogen and oxygen atoms in total. The molecule has 6 heteroatoms. The van der Waals surface area contributed by atoms with E-state index in [-0.39, 0.29) is 11.8 Å². The average molecular weight is 255 g/mol. The number of alkyl halides is 2. The largest absolute Gasteiger partial charge is 0.435 e. The Labute approximate surface area is 104 Å². The monoisotopic (exact) mass is 255 g/mol. The third-order valence-corrected chi connectivity index (χ3v) is 2.93. The van der Waals surface area contributed by atoms with Crippen LogP contribution in [0.2, 0.25) is 0 Å². The molecule has 1 aliphatic heterocycles. The zero-order chi connectivity index (χ0) is 13.1. The Hall–Kier alpha value is -1.85. The first kappa shape index (κ1) is 12.6. The summed E-state index contributed by atoms with van der Waals surface area (Å²) in [6, 6.07) is 6.67. The Morgan fingerprint density at radius 2 is 2.11 bits per heavy atom. The Morgan fingerprint density at radius 1 is 1.44 bits per heavy atom. The topological polar surface area (TPSA) is 50.8 Å². The molecule has 0 amide bonds. The van der Waals surface area contributed by atoms with Gasteiger partial charge in [0.05, 0.1) is 12.6 Å². The second-order valence-corrected chi connectivity index (χ2v) is 3.95. The van der Waals surface area contributed by atoms with Crippen LogP contribution in [0.4, 0.5) is 8.78 Å². The Bertz CT molecular complexity index is 433. The summed E-state index contributed by atoms with van der Waals surface area (Å²) in [5, 5.41) is 0. The lowest BCUT2D eigenvalue weighted by atomic mass is 10.1. The number of hydrogen-bond acceptors (Lipinski definition) is 4. The highest BCUT2D eigenvalue weighted by Crippen LogP contribution is 2.27. The van der Waals surface area contributed by atoms with Crippen LogP contribution in [0.15, 0.2) is 29.3 Å². The Kier molecular flexibility index (Phi) is 3.64. The van der Waals surface area contributed by atoms with E-state index in [9.17, 15) is 8.78 Å². The fourth-order valence-electron chi connectivity index (χ4n) is 2.07. The van der Waals surface area contributed by atoms with Crippen LogP contribution in [0.3, 0.4) is 0 Å². The number of guanidine groups is 1. The van der Waals surface area contributed by atoms with Crippen LogP contribution < -0.4 is 10.5 Å². The standard InChI is InChI=1S/C12H15F2N3O/c1-2-17-10(7-16-12(17)15)8-3-5-9(6-4-8)18-11(13)14/h3-6,10-11H,2,7H2,1H3,(H2,15,16). The highest BCUT2D eigenvalue weighted by molar-refractivity contribution is 5.80. The molecule has 2 rings (SSSR count). The molecule has 1 aromatic carbocycles. The number of ether oxygens (including phenoxy) is 1. The first-order valence-electron chi connectivity index (χ1n) is 5.73. The summed E-state index contributed by atoms with van der Waals surface area (Å²) >= 11 is 0. The number of halogens is 2. The van der Waals surface area contributed by atoms with Crippen molar-refractivity contribution in [2.75, 3.05) is 13.1 Å². The third kappa shape index (κ3) is 2.52. The molecule has 98 valence electrons. The molecule has 0 aliphatic carbocycles. The minimum absolute atomic E-state index is 0.0793. The number of nitrogens with two attached hydrogens (primary N) is 1. The Morgan fingerprint density at radius 3 is 2.67 bits per heavy atom. The predicted molar refractivity (Wildman–Crippen MR) is 64.7 cm³/mol. The van der Waals surface area contributed by atoms with Gasteiger partial charge in [-0.3, -0.25) is 4.99 Å². The number of aliphatic imine (C=N–C) groups is 1. The van der Waals surface area contributed by atoms with E-state index in [1.807, 2.05) is 11.8 Å². The van der Waals surface area contributed by atoms with Gasteiger partial charge >= 0.3 is 6.61 Å². The van der Waals surface area contributed by atoms with Gasteiger partial charge in [-0.1, -0.05) is 12.1 Å². The second kappa shape index (κ2) is 5.20. The van der Waals surface area contributed by atoms with Gasteiger partial charge in [0.15, 0.2) is 5.96 Å². The van der Waals surface area contributed by atoms with Crippen LogP contribution in [0.25, 0.3) is 0 Å². The molecule has 0 bridgehead atoms. The lowest BCUT2D eigenvalue weighted by Gasteiger charge is -2.25. The summed E-state index contributed by atoms with van der Waals surface area (Å²) in [6.07, 6.45) is 0. The fourth-order valence-corrected chi connectivity index (χ4v) is 2.07. The quantitative estimate of drug-likeness (QED) is 0.895. The van der Waals surface area contributed by atoms with Gasteiger partial charge in [-0.2, -0.15) is 8.78 Å². The van der Waals surface area contributed by atoms with Crippen LogP contribution in [-0.2, 0) is 0 Å². The summed E-state index contributed by atoms with van der Waals surface area (Å²) < 4.78 is 28.4. The maximum atomic E-state index is 12.0. The van der Waals surface area contributed by atoms with E-state index in [1.54, 1.807) is 12.1 Å². The second-order valence-electron chi connectivity index (χ2n) is 3.95. The van der Waals surface area contributed by atoms with Crippen molar-refractivity contribution in [1.82, 2.24) is 4.90 Å². The van der Waals surface area contributed by atoms with E-state index in [0.717, 1.165) is 12.1 Å². The summed E-state index contributed by atoms with van der Waals surface area (Å²) in [5.74, 6) is 0.680. The lowest BCUT2D eigenvalue weighted by molar-refractivity contribution is -0.0498. The molecule has 1 heterocycles. The van der Waals surface area contributed by atoms with E-state index >= 15 is 0 Å². The zero-order valence-corrected chi connectivity index (χ0v) is 10.0. The van der Waals surface area contributed by atoms with Crippen LogP contribution in [0.1, 0.15) is 18.5 Å². The predicted octanol–water partition coefficient (Wildman–Crippen LogP) is 1.98. The van der Waals surface area contributed by atoms with Crippen molar-refractivity contribution >= 4 is 5.96 Å². The van der Waals surface area contributed by atoms with Gasteiger partial charge in [-0.25, -0.2) is 0 Å². The molecular formula is C12H15F2N3O. The maximum absolute atomic E-state index is 12.0. The average Bonchev–Trinajstić information content (AvgIpc) is 2.70. The summed E-state index contributed by atoms with van der Waals surface area (Å²) in [7, 11) is 0. The first-order valence-corrected chi connectivity index (χ1v) is 5.73. The molecule has 0 spiro atoms. The van der Waals surface area contributed by atoms with Crippen molar-refractivity contribution < 1.29 is 13.5 Å². The van der Waals surface area contributed by atoms with E-state index < -0.39 is 6.61 Å². The molecule has 0 saturated carbocycles. The highest BCUT2D eigenvalue weighted by atomic mass is 19.3.